The maximum atomic E-state index is 9.93. The van der Waals surface area contributed by atoms with E-state index in [1.807, 2.05) is 30.3 Å². The number of aromatic nitrogens is 2. The number of hydrogen-bond donors (Lipinski definition) is 1. The summed E-state index contributed by atoms with van der Waals surface area (Å²) in [7, 11) is 2.96. The van der Waals surface area contributed by atoms with E-state index < -0.39 is 0 Å². The third-order valence-corrected chi connectivity index (χ3v) is 3.61. The molecule has 3 rings (SSSR count). The van der Waals surface area contributed by atoms with Crippen molar-refractivity contribution in [3.8, 4) is 17.2 Å². The monoisotopic (exact) mass is 338 g/mol. The number of phenols is 1. The molecule has 0 saturated heterocycles. The topological polar surface area (TPSA) is 77.6 Å². The van der Waals surface area contributed by atoms with Crippen molar-refractivity contribution in [2.45, 2.75) is 6.42 Å². The van der Waals surface area contributed by atoms with Gasteiger partial charge < -0.3 is 19.1 Å². The van der Waals surface area contributed by atoms with E-state index in [9.17, 15) is 5.11 Å². The molecule has 25 heavy (non-hydrogen) atoms. The molecule has 0 unspecified atom stereocenters. The summed E-state index contributed by atoms with van der Waals surface area (Å²) in [5.41, 5.74) is 1.89. The minimum atomic E-state index is -0.0370. The zero-order chi connectivity index (χ0) is 17.6. The van der Waals surface area contributed by atoms with Gasteiger partial charge in [-0.2, -0.15) is 4.98 Å². The molecule has 0 aliphatic heterocycles. The summed E-state index contributed by atoms with van der Waals surface area (Å²) in [5, 5.41) is 13.9. The van der Waals surface area contributed by atoms with Crippen LogP contribution < -0.4 is 9.47 Å². The van der Waals surface area contributed by atoms with Crippen LogP contribution in [0.3, 0.4) is 0 Å². The number of nitrogens with zero attached hydrogens (tertiary/aromatic N) is 2. The Hall–Kier alpha value is -3.28. The van der Waals surface area contributed by atoms with Crippen LogP contribution in [0, 0.1) is 0 Å². The standard InChI is InChI=1S/C19H18N2O4/c1-23-15-10-14(11-16(24-2)19(15)22)8-9-18-20-17(21-25-18)12-13-6-4-3-5-7-13/h3-11,22H,12H2,1-2H3/b9-8+. The maximum absolute atomic E-state index is 9.93. The van der Waals surface area contributed by atoms with Crippen molar-refractivity contribution in [2.24, 2.45) is 0 Å². The van der Waals surface area contributed by atoms with Gasteiger partial charge >= 0.3 is 0 Å². The lowest BCUT2D eigenvalue weighted by Crippen LogP contribution is -1.90. The summed E-state index contributed by atoms with van der Waals surface area (Å²) < 4.78 is 15.5. The number of benzene rings is 2. The van der Waals surface area contributed by atoms with Gasteiger partial charge in [-0.1, -0.05) is 35.5 Å². The summed E-state index contributed by atoms with van der Waals surface area (Å²) in [6, 6.07) is 13.3. The van der Waals surface area contributed by atoms with Gasteiger partial charge in [0.25, 0.3) is 5.89 Å². The fraction of sp³-hybridized carbons (Fsp3) is 0.158. The molecule has 1 heterocycles. The SMILES string of the molecule is COc1cc(/C=C/c2nc(Cc3ccccc3)no2)cc(OC)c1O. The highest BCUT2D eigenvalue weighted by Crippen LogP contribution is 2.37. The Morgan fingerprint density at radius 1 is 1.04 bits per heavy atom. The number of rotatable bonds is 6. The Morgan fingerprint density at radius 2 is 1.72 bits per heavy atom. The van der Waals surface area contributed by atoms with E-state index in [0.717, 1.165) is 11.1 Å². The molecule has 0 fully saturated rings. The van der Waals surface area contributed by atoms with Gasteiger partial charge in [0.15, 0.2) is 17.3 Å². The third-order valence-electron chi connectivity index (χ3n) is 3.61. The van der Waals surface area contributed by atoms with Gasteiger partial charge in [0.05, 0.1) is 14.2 Å². The van der Waals surface area contributed by atoms with Crippen molar-refractivity contribution in [3.63, 3.8) is 0 Å². The van der Waals surface area contributed by atoms with Crippen LogP contribution in [-0.4, -0.2) is 29.5 Å². The molecule has 2 aromatic carbocycles. The molecular formula is C19H18N2O4. The number of hydrogen-bond acceptors (Lipinski definition) is 6. The average Bonchev–Trinajstić information content (AvgIpc) is 3.09. The molecule has 0 aliphatic carbocycles. The van der Waals surface area contributed by atoms with E-state index in [-0.39, 0.29) is 5.75 Å². The lowest BCUT2D eigenvalue weighted by Gasteiger charge is -2.09. The van der Waals surface area contributed by atoms with E-state index in [4.69, 9.17) is 14.0 Å². The van der Waals surface area contributed by atoms with Crippen LogP contribution in [0.2, 0.25) is 0 Å². The van der Waals surface area contributed by atoms with Crippen LogP contribution >= 0.6 is 0 Å². The van der Waals surface area contributed by atoms with Crippen LogP contribution in [0.15, 0.2) is 47.0 Å². The summed E-state index contributed by atoms with van der Waals surface area (Å²) >= 11 is 0. The molecule has 3 aromatic rings. The predicted molar refractivity (Wildman–Crippen MR) is 93.7 cm³/mol. The van der Waals surface area contributed by atoms with E-state index in [1.54, 1.807) is 24.3 Å². The van der Waals surface area contributed by atoms with Crippen molar-refractivity contribution >= 4 is 12.2 Å². The second kappa shape index (κ2) is 7.53. The van der Waals surface area contributed by atoms with Gasteiger partial charge in [0, 0.05) is 12.5 Å². The Kier molecular flexibility index (Phi) is 4.99. The minimum Gasteiger partial charge on any atom is -0.502 e. The second-order valence-electron chi connectivity index (χ2n) is 5.32. The second-order valence-corrected chi connectivity index (χ2v) is 5.32. The van der Waals surface area contributed by atoms with E-state index in [0.29, 0.717) is 29.6 Å². The minimum absolute atomic E-state index is 0.0370. The quantitative estimate of drug-likeness (QED) is 0.740. The van der Waals surface area contributed by atoms with Gasteiger partial charge in [0.2, 0.25) is 5.75 Å². The Labute approximate surface area is 145 Å². The van der Waals surface area contributed by atoms with Gasteiger partial charge in [-0.15, -0.1) is 0 Å². The zero-order valence-corrected chi connectivity index (χ0v) is 14.0. The summed E-state index contributed by atoms with van der Waals surface area (Å²) in [6.07, 6.45) is 4.09. The van der Waals surface area contributed by atoms with Crippen molar-refractivity contribution < 1.29 is 19.1 Å². The van der Waals surface area contributed by atoms with Crippen LogP contribution in [0.4, 0.5) is 0 Å². The van der Waals surface area contributed by atoms with Crippen molar-refractivity contribution in [1.82, 2.24) is 10.1 Å². The van der Waals surface area contributed by atoms with Crippen LogP contribution in [0.25, 0.3) is 12.2 Å². The van der Waals surface area contributed by atoms with Crippen molar-refractivity contribution in [3.05, 3.63) is 65.3 Å². The fourth-order valence-electron chi connectivity index (χ4n) is 2.36. The first-order valence-electron chi connectivity index (χ1n) is 7.69. The van der Waals surface area contributed by atoms with Crippen LogP contribution in [0.1, 0.15) is 22.8 Å². The molecule has 1 aromatic heterocycles. The number of aromatic hydroxyl groups is 1. The molecule has 0 bridgehead atoms. The average molecular weight is 338 g/mol. The first-order valence-corrected chi connectivity index (χ1v) is 7.69. The molecule has 0 spiro atoms. The predicted octanol–water partition coefficient (Wildman–Crippen LogP) is 3.55. The molecule has 6 heteroatoms. The van der Waals surface area contributed by atoms with Gasteiger partial charge in [-0.25, -0.2) is 0 Å². The molecule has 0 amide bonds. The molecule has 0 radical (unpaired) electrons. The highest BCUT2D eigenvalue weighted by Gasteiger charge is 2.10. The molecule has 0 saturated carbocycles. The van der Waals surface area contributed by atoms with E-state index in [1.165, 1.54) is 14.2 Å². The molecule has 128 valence electrons. The third kappa shape index (κ3) is 3.98. The normalized spacial score (nSPS) is 11.0. The number of ether oxygens (including phenoxy) is 2. The first-order chi connectivity index (χ1) is 12.2. The highest BCUT2D eigenvalue weighted by molar-refractivity contribution is 5.70. The van der Waals surface area contributed by atoms with Gasteiger partial charge in [-0.3, -0.25) is 0 Å². The zero-order valence-electron chi connectivity index (χ0n) is 14.0. The van der Waals surface area contributed by atoms with Gasteiger partial charge in [-0.05, 0) is 29.3 Å². The summed E-state index contributed by atoms with van der Waals surface area (Å²) in [4.78, 5) is 4.35. The Bertz CT molecular complexity index is 847. The van der Waals surface area contributed by atoms with E-state index >= 15 is 0 Å². The molecule has 0 aliphatic rings. The van der Waals surface area contributed by atoms with Crippen molar-refractivity contribution in [2.75, 3.05) is 14.2 Å². The molecule has 0 atom stereocenters. The molecule has 6 nitrogen and oxygen atoms in total. The van der Waals surface area contributed by atoms with Gasteiger partial charge in [0.1, 0.15) is 0 Å². The smallest absolute Gasteiger partial charge is 0.250 e. The van der Waals surface area contributed by atoms with Crippen molar-refractivity contribution in [1.29, 1.82) is 0 Å². The number of phenolic OH excluding ortho intramolecular Hbond substituents is 1. The Balaban J connectivity index is 1.76. The summed E-state index contributed by atoms with van der Waals surface area (Å²) in [5.74, 6) is 1.64. The Morgan fingerprint density at radius 3 is 2.36 bits per heavy atom. The summed E-state index contributed by atoms with van der Waals surface area (Å²) in [6.45, 7) is 0. The largest absolute Gasteiger partial charge is 0.502 e. The fourth-order valence-corrected chi connectivity index (χ4v) is 2.36. The lowest BCUT2D eigenvalue weighted by atomic mass is 10.1. The first kappa shape index (κ1) is 16.6. The molecule has 1 N–H and O–H groups in total. The molecular weight excluding hydrogens is 320 g/mol. The lowest BCUT2D eigenvalue weighted by molar-refractivity contribution is 0.340. The highest BCUT2D eigenvalue weighted by atomic mass is 16.5. The van der Waals surface area contributed by atoms with Crippen LogP contribution in [-0.2, 0) is 6.42 Å². The van der Waals surface area contributed by atoms with E-state index in [2.05, 4.69) is 10.1 Å². The van der Waals surface area contributed by atoms with Crippen LogP contribution in [0.5, 0.6) is 17.2 Å². The maximum Gasteiger partial charge on any atom is 0.250 e. The number of methoxy groups -OCH3 is 2.